The number of H-pyrrole nitrogens is 1. The second kappa shape index (κ2) is 8.82. The summed E-state index contributed by atoms with van der Waals surface area (Å²) in [5.41, 5.74) is 2.05. The van der Waals surface area contributed by atoms with E-state index in [4.69, 9.17) is 4.74 Å². The third-order valence-corrected chi connectivity index (χ3v) is 5.69. The number of nitrogens with zero attached hydrogens (tertiary/aromatic N) is 3. The van der Waals surface area contributed by atoms with Crippen molar-refractivity contribution in [1.82, 2.24) is 20.1 Å². The standard InChI is InChI=1S/C24H27N5O3/c1-14(2)13-19-25-24(28-27-19)26-22(30)20-17-7-5-6-8-18(17)23(31)29(3)21(20)15-9-11-16(32-4)12-10-15/h5-12,14,20-21H,13H2,1-4H3,(H2,25,26,27,28,30)/t20-,21-/m0/s1. The van der Waals surface area contributed by atoms with Crippen molar-refractivity contribution in [2.75, 3.05) is 19.5 Å². The van der Waals surface area contributed by atoms with Gasteiger partial charge in [-0.05, 0) is 35.2 Å². The molecule has 0 radical (unpaired) electrons. The quantitative estimate of drug-likeness (QED) is 0.619. The Morgan fingerprint density at radius 3 is 2.59 bits per heavy atom. The van der Waals surface area contributed by atoms with Crippen molar-refractivity contribution in [3.8, 4) is 5.75 Å². The summed E-state index contributed by atoms with van der Waals surface area (Å²) in [6.45, 7) is 4.18. The summed E-state index contributed by atoms with van der Waals surface area (Å²) in [6, 6.07) is 14.2. The van der Waals surface area contributed by atoms with Gasteiger partial charge in [0.25, 0.3) is 5.91 Å². The Morgan fingerprint density at radius 1 is 1.19 bits per heavy atom. The fourth-order valence-corrected chi connectivity index (χ4v) is 4.19. The Morgan fingerprint density at radius 2 is 1.91 bits per heavy atom. The zero-order valence-electron chi connectivity index (χ0n) is 18.6. The van der Waals surface area contributed by atoms with Crippen molar-refractivity contribution >= 4 is 17.8 Å². The van der Waals surface area contributed by atoms with Crippen LogP contribution in [0.15, 0.2) is 48.5 Å². The molecular formula is C24H27N5O3. The third kappa shape index (κ3) is 4.08. The number of rotatable bonds is 6. The Bertz CT molecular complexity index is 1120. The van der Waals surface area contributed by atoms with E-state index in [1.807, 2.05) is 36.4 Å². The van der Waals surface area contributed by atoms with Gasteiger partial charge in [-0.15, -0.1) is 5.10 Å². The number of aromatic nitrogens is 3. The molecule has 8 nitrogen and oxygen atoms in total. The fraction of sp³-hybridized carbons (Fsp3) is 0.333. The topological polar surface area (TPSA) is 100 Å². The zero-order chi connectivity index (χ0) is 22.8. The Labute approximate surface area is 187 Å². The number of likely N-dealkylation sites (N-methyl/N-ethyl adjacent to an activating group) is 1. The first-order valence-corrected chi connectivity index (χ1v) is 10.6. The van der Waals surface area contributed by atoms with Gasteiger partial charge < -0.3 is 9.64 Å². The van der Waals surface area contributed by atoms with Crippen LogP contribution in [0, 0.1) is 5.92 Å². The van der Waals surface area contributed by atoms with Gasteiger partial charge in [0.2, 0.25) is 11.9 Å². The molecule has 0 spiro atoms. The lowest BCUT2D eigenvalue weighted by Gasteiger charge is -2.39. The molecule has 0 saturated heterocycles. The minimum Gasteiger partial charge on any atom is -0.497 e. The summed E-state index contributed by atoms with van der Waals surface area (Å²) in [5, 5.41) is 9.88. The molecule has 1 aliphatic heterocycles. The van der Waals surface area contributed by atoms with E-state index in [-0.39, 0.29) is 17.8 Å². The summed E-state index contributed by atoms with van der Waals surface area (Å²) in [7, 11) is 3.32. The molecule has 2 heterocycles. The lowest BCUT2D eigenvalue weighted by Crippen LogP contribution is -2.44. The highest BCUT2D eigenvalue weighted by molar-refractivity contribution is 6.03. The highest BCUT2D eigenvalue weighted by atomic mass is 16.5. The van der Waals surface area contributed by atoms with Crippen molar-refractivity contribution < 1.29 is 14.3 Å². The van der Waals surface area contributed by atoms with Gasteiger partial charge in [-0.25, -0.2) is 0 Å². The van der Waals surface area contributed by atoms with Gasteiger partial charge >= 0.3 is 0 Å². The summed E-state index contributed by atoms with van der Waals surface area (Å²) in [4.78, 5) is 32.7. The molecule has 0 fully saturated rings. The molecule has 32 heavy (non-hydrogen) atoms. The average Bonchev–Trinajstić information content (AvgIpc) is 3.22. The van der Waals surface area contributed by atoms with E-state index in [9.17, 15) is 9.59 Å². The van der Waals surface area contributed by atoms with Crippen LogP contribution in [0.25, 0.3) is 0 Å². The summed E-state index contributed by atoms with van der Waals surface area (Å²) >= 11 is 0. The second-order valence-electron chi connectivity index (χ2n) is 8.39. The summed E-state index contributed by atoms with van der Waals surface area (Å²) in [5.74, 6) is 1.05. The number of benzene rings is 2. The van der Waals surface area contributed by atoms with Crippen LogP contribution < -0.4 is 10.1 Å². The molecule has 2 atom stereocenters. The molecular weight excluding hydrogens is 406 g/mol. The van der Waals surface area contributed by atoms with Crippen LogP contribution in [0.2, 0.25) is 0 Å². The van der Waals surface area contributed by atoms with E-state index >= 15 is 0 Å². The number of aromatic amines is 1. The first-order chi connectivity index (χ1) is 15.4. The highest BCUT2D eigenvalue weighted by Crippen LogP contribution is 2.42. The molecule has 0 saturated carbocycles. The van der Waals surface area contributed by atoms with Crippen LogP contribution in [0.1, 0.15) is 53.1 Å². The number of methoxy groups -OCH3 is 1. The second-order valence-corrected chi connectivity index (χ2v) is 8.39. The first kappa shape index (κ1) is 21.5. The number of amides is 2. The molecule has 0 unspecified atom stereocenters. The highest BCUT2D eigenvalue weighted by Gasteiger charge is 2.42. The van der Waals surface area contributed by atoms with E-state index in [2.05, 4.69) is 34.3 Å². The number of hydrogen-bond acceptors (Lipinski definition) is 5. The molecule has 2 N–H and O–H groups in total. The monoisotopic (exact) mass is 433 g/mol. The van der Waals surface area contributed by atoms with Crippen molar-refractivity contribution in [1.29, 1.82) is 0 Å². The van der Waals surface area contributed by atoms with Crippen LogP contribution in [0.4, 0.5) is 5.95 Å². The maximum atomic E-state index is 13.6. The van der Waals surface area contributed by atoms with E-state index in [1.165, 1.54) is 0 Å². The molecule has 2 amide bonds. The zero-order valence-corrected chi connectivity index (χ0v) is 18.6. The van der Waals surface area contributed by atoms with Crippen LogP contribution in [-0.2, 0) is 11.2 Å². The smallest absolute Gasteiger partial charge is 0.254 e. The summed E-state index contributed by atoms with van der Waals surface area (Å²) in [6.07, 6.45) is 0.737. The number of fused-ring (bicyclic) bond motifs is 1. The molecule has 0 bridgehead atoms. The Balaban J connectivity index is 1.72. The van der Waals surface area contributed by atoms with Crippen LogP contribution in [-0.4, -0.2) is 46.1 Å². The largest absolute Gasteiger partial charge is 0.497 e. The van der Waals surface area contributed by atoms with Crippen LogP contribution >= 0.6 is 0 Å². The van der Waals surface area contributed by atoms with Gasteiger partial charge in [-0.3, -0.25) is 20.0 Å². The molecule has 8 heteroatoms. The third-order valence-electron chi connectivity index (χ3n) is 5.69. The molecule has 3 aromatic rings. The van der Waals surface area contributed by atoms with E-state index in [0.29, 0.717) is 22.8 Å². The average molecular weight is 434 g/mol. The van der Waals surface area contributed by atoms with Gasteiger partial charge in [0, 0.05) is 19.0 Å². The number of anilines is 1. The number of carbonyl (C=O) groups is 2. The number of ether oxygens (including phenoxy) is 1. The van der Waals surface area contributed by atoms with Crippen molar-refractivity contribution in [2.24, 2.45) is 5.92 Å². The van der Waals surface area contributed by atoms with Gasteiger partial charge in [-0.2, -0.15) is 4.98 Å². The molecule has 166 valence electrons. The molecule has 1 aromatic heterocycles. The number of hydrogen-bond donors (Lipinski definition) is 2. The molecule has 1 aliphatic rings. The lowest BCUT2D eigenvalue weighted by molar-refractivity contribution is -0.119. The van der Waals surface area contributed by atoms with E-state index < -0.39 is 12.0 Å². The number of nitrogens with one attached hydrogen (secondary N) is 2. The maximum absolute atomic E-state index is 13.6. The molecule has 4 rings (SSSR count). The normalized spacial score (nSPS) is 17.9. The lowest BCUT2D eigenvalue weighted by atomic mass is 9.79. The fourth-order valence-electron chi connectivity index (χ4n) is 4.19. The predicted molar refractivity (Wildman–Crippen MR) is 121 cm³/mol. The first-order valence-electron chi connectivity index (χ1n) is 10.6. The van der Waals surface area contributed by atoms with Crippen molar-refractivity contribution in [2.45, 2.75) is 32.2 Å². The molecule has 0 aliphatic carbocycles. The minimum absolute atomic E-state index is 0.123. The van der Waals surface area contributed by atoms with Crippen LogP contribution in [0.3, 0.4) is 0 Å². The molecule has 2 aromatic carbocycles. The van der Waals surface area contributed by atoms with Crippen LogP contribution in [0.5, 0.6) is 5.75 Å². The Hall–Kier alpha value is -3.68. The minimum atomic E-state index is -0.630. The summed E-state index contributed by atoms with van der Waals surface area (Å²) < 4.78 is 5.26. The van der Waals surface area contributed by atoms with Gasteiger partial charge in [0.1, 0.15) is 11.6 Å². The number of carbonyl (C=O) groups excluding carboxylic acids is 2. The maximum Gasteiger partial charge on any atom is 0.254 e. The van der Waals surface area contributed by atoms with Gasteiger partial charge in [-0.1, -0.05) is 44.2 Å². The Kier molecular flexibility index (Phi) is 5.94. The predicted octanol–water partition coefficient (Wildman–Crippen LogP) is 3.56. The van der Waals surface area contributed by atoms with Crippen molar-refractivity contribution in [3.63, 3.8) is 0 Å². The van der Waals surface area contributed by atoms with Gasteiger partial charge in [0.05, 0.1) is 19.1 Å². The van der Waals surface area contributed by atoms with Gasteiger partial charge in [0.15, 0.2) is 0 Å². The van der Waals surface area contributed by atoms with E-state index in [1.54, 1.807) is 31.2 Å². The van der Waals surface area contributed by atoms with Crippen molar-refractivity contribution in [3.05, 3.63) is 71.0 Å². The SMILES string of the molecule is COc1ccc([C@H]2[C@@H](C(=O)Nc3n[nH]c(CC(C)C)n3)c3ccccc3C(=O)N2C)cc1. The van der Waals surface area contributed by atoms with E-state index in [0.717, 1.165) is 17.8 Å².